The summed E-state index contributed by atoms with van der Waals surface area (Å²) < 4.78 is 37.5. The lowest BCUT2D eigenvalue weighted by Crippen LogP contribution is -2.45. The predicted octanol–water partition coefficient (Wildman–Crippen LogP) is 2.84. The minimum Gasteiger partial charge on any atom is -0.386 e. The molecule has 2 rings (SSSR count). The van der Waals surface area contributed by atoms with Gasteiger partial charge in [0.05, 0.1) is 19.2 Å². The Balaban J connectivity index is 0.00000364. The minimum atomic E-state index is -4.17. The number of aliphatic imine (C=N–C) groups is 1. The van der Waals surface area contributed by atoms with E-state index in [1.165, 1.54) is 4.90 Å². The van der Waals surface area contributed by atoms with E-state index in [1.807, 2.05) is 38.1 Å². The minimum absolute atomic E-state index is 0. The lowest BCUT2D eigenvalue weighted by atomic mass is 10.1. The number of benzene rings is 1. The molecule has 0 amide bonds. The molecule has 2 atom stereocenters. The van der Waals surface area contributed by atoms with E-state index in [1.54, 1.807) is 0 Å². The highest BCUT2D eigenvalue weighted by Crippen LogP contribution is 2.20. The van der Waals surface area contributed by atoms with Gasteiger partial charge in [-0.05, 0) is 25.8 Å². The highest BCUT2D eigenvalue weighted by Gasteiger charge is 2.34. The van der Waals surface area contributed by atoms with Crippen molar-refractivity contribution in [3.8, 4) is 0 Å². The van der Waals surface area contributed by atoms with Crippen molar-refractivity contribution in [1.82, 2.24) is 15.5 Å². The van der Waals surface area contributed by atoms with Crippen molar-refractivity contribution >= 4 is 29.9 Å². The van der Waals surface area contributed by atoms with Crippen LogP contribution in [0, 0.1) is 6.92 Å². The van der Waals surface area contributed by atoms with Gasteiger partial charge in [-0.1, -0.05) is 29.8 Å². The molecule has 0 bridgehead atoms. The Kier molecular flexibility index (Phi) is 9.82. The van der Waals surface area contributed by atoms with Crippen LogP contribution in [0.25, 0.3) is 0 Å². The van der Waals surface area contributed by atoms with Crippen LogP contribution in [0.5, 0.6) is 0 Å². The molecular formula is C18H28F3IN4O. The van der Waals surface area contributed by atoms with Crippen molar-refractivity contribution in [3.63, 3.8) is 0 Å². The van der Waals surface area contributed by atoms with E-state index in [0.29, 0.717) is 32.0 Å². The molecule has 1 heterocycles. The van der Waals surface area contributed by atoms with Gasteiger partial charge in [-0.2, -0.15) is 13.2 Å². The fraction of sp³-hybridized carbons (Fsp3) is 0.611. The van der Waals surface area contributed by atoms with Crippen LogP contribution in [0.15, 0.2) is 29.3 Å². The van der Waals surface area contributed by atoms with Crippen molar-refractivity contribution in [2.24, 2.45) is 4.99 Å². The van der Waals surface area contributed by atoms with Crippen LogP contribution in [-0.4, -0.2) is 60.9 Å². The Hall–Kier alpha value is -1.07. The molecular weight excluding hydrogens is 472 g/mol. The number of likely N-dealkylation sites (tertiary alicyclic amines) is 1. The predicted molar refractivity (Wildman–Crippen MR) is 112 cm³/mol. The summed E-state index contributed by atoms with van der Waals surface area (Å²) in [5.41, 5.74) is 1.90. The molecule has 1 aliphatic heterocycles. The standard InChI is InChI=1S/C18H27F3N4O.HI/c1-3-22-17(23-10-16(26)14-6-4-13(2)5-7-14)24-15-8-9-25(11-15)12-18(19,20)21;/h4-7,15-16,26H,3,8-12H2,1-2H3,(H2,22,23,24);1H. The van der Waals surface area contributed by atoms with E-state index < -0.39 is 18.8 Å². The zero-order valence-electron chi connectivity index (χ0n) is 15.6. The Morgan fingerprint density at radius 2 is 2.00 bits per heavy atom. The van der Waals surface area contributed by atoms with Crippen molar-refractivity contribution < 1.29 is 18.3 Å². The first-order valence-corrected chi connectivity index (χ1v) is 8.85. The summed E-state index contributed by atoms with van der Waals surface area (Å²) in [6.07, 6.45) is -4.27. The maximum atomic E-state index is 12.5. The van der Waals surface area contributed by atoms with E-state index in [0.717, 1.165) is 11.1 Å². The molecule has 1 fully saturated rings. The summed E-state index contributed by atoms with van der Waals surface area (Å²) in [7, 11) is 0. The van der Waals surface area contributed by atoms with Crippen LogP contribution < -0.4 is 10.6 Å². The summed E-state index contributed by atoms with van der Waals surface area (Å²) in [5, 5.41) is 16.5. The summed E-state index contributed by atoms with van der Waals surface area (Å²) in [5.74, 6) is 0.512. The van der Waals surface area contributed by atoms with E-state index >= 15 is 0 Å². The highest BCUT2D eigenvalue weighted by molar-refractivity contribution is 14.0. The second-order valence-corrected chi connectivity index (χ2v) is 6.63. The van der Waals surface area contributed by atoms with Crippen LogP contribution in [0.2, 0.25) is 0 Å². The Labute approximate surface area is 175 Å². The van der Waals surface area contributed by atoms with Gasteiger partial charge >= 0.3 is 6.18 Å². The third kappa shape index (κ3) is 8.65. The molecule has 154 valence electrons. The third-order valence-electron chi connectivity index (χ3n) is 4.24. The van der Waals surface area contributed by atoms with Gasteiger partial charge in [0.1, 0.15) is 0 Å². The Morgan fingerprint density at radius 1 is 1.33 bits per heavy atom. The zero-order valence-corrected chi connectivity index (χ0v) is 17.9. The molecule has 0 aromatic heterocycles. The third-order valence-corrected chi connectivity index (χ3v) is 4.24. The van der Waals surface area contributed by atoms with E-state index in [2.05, 4.69) is 15.6 Å². The molecule has 0 spiro atoms. The van der Waals surface area contributed by atoms with Gasteiger partial charge in [0, 0.05) is 25.7 Å². The van der Waals surface area contributed by atoms with Crippen LogP contribution in [0.3, 0.4) is 0 Å². The normalized spacial score (nSPS) is 19.5. The SMILES string of the molecule is CCNC(=NCC(O)c1ccc(C)cc1)NC1CCN(CC(F)(F)F)C1.I. The average molecular weight is 500 g/mol. The first-order chi connectivity index (χ1) is 12.3. The number of aliphatic hydroxyl groups excluding tert-OH is 1. The number of aryl methyl sites for hydroxylation is 1. The van der Waals surface area contributed by atoms with Crippen LogP contribution in [-0.2, 0) is 0 Å². The quantitative estimate of drug-likeness (QED) is 0.320. The van der Waals surface area contributed by atoms with E-state index in [4.69, 9.17) is 0 Å². The van der Waals surface area contributed by atoms with Crippen molar-refractivity contribution in [2.75, 3.05) is 32.7 Å². The smallest absolute Gasteiger partial charge is 0.386 e. The Morgan fingerprint density at radius 3 is 2.59 bits per heavy atom. The second-order valence-electron chi connectivity index (χ2n) is 6.63. The van der Waals surface area contributed by atoms with Crippen molar-refractivity contribution in [1.29, 1.82) is 0 Å². The number of guanidine groups is 1. The summed E-state index contributed by atoms with van der Waals surface area (Å²) in [6.45, 7) is 4.55. The van der Waals surface area contributed by atoms with Crippen LogP contribution in [0.4, 0.5) is 13.2 Å². The number of alkyl halides is 3. The molecule has 0 aliphatic carbocycles. The fourth-order valence-corrected chi connectivity index (χ4v) is 2.93. The monoisotopic (exact) mass is 500 g/mol. The number of hydrogen-bond acceptors (Lipinski definition) is 3. The highest BCUT2D eigenvalue weighted by atomic mass is 127. The van der Waals surface area contributed by atoms with Crippen LogP contribution >= 0.6 is 24.0 Å². The number of nitrogens with one attached hydrogen (secondary N) is 2. The lowest BCUT2D eigenvalue weighted by Gasteiger charge is -2.20. The topological polar surface area (TPSA) is 59.9 Å². The van der Waals surface area contributed by atoms with E-state index in [-0.39, 0.29) is 36.6 Å². The molecule has 1 saturated heterocycles. The van der Waals surface area contributed by atoms with Gasteiger partial charge in [0.25, 0.3) is 0 Å². The number of aliphatic hydroxyl groups is 1. The van der Waals surface area contributed by atoms with Gasteiger partial charge in [-0.15, -0.1) is 24.0 Å². The molecule has 2 unspecified atom stereocenters. The van der Waals surface area contributed by atoms with Crippen LogP contribution in [0.1, 0.15) is 30.6 Å². The average Bonchev–Trinajstić information content (AvgIpc) is 2.98. The first kappa shape index (κ1) is 24.0. The van der Waals surface area contributed by atoms with Gasteiger partial charge in [-0.3, -0.25) is 9.89 Å². The molecule has 1 aliphatic rings. The van der Waals surface area contributed by atoms with Gasteiger partial charge in [0.2, 0.25) is 0 Å². The first-order valence-electron chi connectivity index (χ1n) is 8.85. The molecule has 1 aromatic rings. The van der Waals surface area contributed by atoms with E-state index in [9.17, 15) is 18.3 Å². The maximum absolute atomic E-state index is 12.5. The molecule has 27 heavy (non-hydrogen) atoms. The number of nitrogens with zero attached hydrogens (tertiary/aromatic N) is 2. The summed E-state index contributed by atoms with van der Waals surface area (Å²) in [6, 6.07) is 7.49. The number of hydrogen-bond donors (Lipinski definition) is 3. The fourth-order valence-electron chi connectivity index (χ4n) is 2.93. The molecule has 0 radical (unpaired) electrons. The molecule has 9 heteroatoms. The summed E-state index contributed by atoms with van der Waals surface area (Å²) >= 11 is 0. The number of halogens is 4. The van der Waals surface area contributed by atoms with Gasteiger partial charge in [-0.25, -0.2) is 0 Å². The molecule has 5 nitrogen and oxygen atoms in total. The second kappa shape index (κ2) is 11.1. The zero-order chi connectivity index (χ0) is 19.2. The molecule has 3 N–H and O–H groups in total. The van der Waals surface area contributed by atoms with Gasteiger partial charge < -0.3 is 15.7 Å². The van der Waals surface area contributed by atoms with Crippen molar-refractivity contribution in [3.05, 3.63) is 35.4 Å². The largest absolute Gasteiger partial charge is 0.401 e. The number of rotatable bonds is 6. The van der Waals surface area contributed by atoms with Crippen molar-refractivity contribution in [2.45, 2.75) is 38.6 Å². The lowest BCUT2D eigenvalue weighted by molar-refractivity contribution is -0.143. The van der Waals surface area contributed by atoms with Gasteiger partial charge in [0.15, 0.2) is 5.96 Å². The molecule has 1 aromatic carbocycles. The molecule has 0 saturated carbocycles. The maximum Gasteiger partial charge on any atom is 0.401 e. The Bertz CT molecular complexity index is 595. The summed E-state index contributed by atoms with van der Waals surface area (Å²) in [4.78, 5) is 5.77.